The van der Waals surface area contributed by atoms with Crippen molar-refractivity contribution < 1.29 is 18.0 Å². The molecule has 1 atom stereocenters. The van der Waals surface area contributed by atoms with Crippen LogP contribution in [-0.2, 0) is 14.8 Å². The summed E-state index contributed by atoms with van der Waals surface area (Å²) in [6.07, 6.45) is 0. The van der Waals surface area contributed by atoms with Crippen LogP contribution in [-0.4, -0.2) is 25.5 Å². The van der Waals surface area contributed by atoms with Gasteiger partial charge in [-0.3, -0.25) is 14.3 Å². The van der Waals surface area contributed by atoms with E-state index < -0.39 is 10.0 Å². The Morgan fingerprint density at radius 3 is 2.33 bits per heavy atom. The minimum atomic E-state index is -3.74. The molecule has 0 bridgehead atoms. The van der Waals surface area contributed by atoms with Gasteiger partial charge in [0.15, 0.2) is 0 Å². The van der Waals surface area contributed by atoms with Crippen molar-refractivity contribution in [1.82, 2.24) is 0 Å². The first-order chi connectivity index (χ1) is 15.7. The minimum Gasteiger partial charge on any atom is -0.324 e. The van der Waals surface area contributed by atoms with Crippen molar-refractivity contribution in [2.45, 2.75) is 28.9 Å². The molecule has 170 valence electrons. The fourth-order valence-corrected chi connectivity index (χ4v) is 5.50. The van der Waals surface area contributed by atoms with E-state index in [2.05, 4.69) is 15.4 Å². The van der Waals surface area contributed by atoms with Crippen LogP contribution < -0.4 is 15.4 Å². The van der Waals surface area contributed by atoms with E-state index in [1.165, 1.54) is 36.0 Å². The first-order valence-corrected chi connectivity index (χ1v) is 12.7. The molecule has 1 aliphatic rings. The Kier molecular flexibility index (Phi) is 6.44. The Bertz CT molecular complexity index is 1290. The van der Waals surface area contributed by atoms with Crippen LogP contribution in [0.1, 0.15) is 24.2 Å². The fourth-order valence-electron chi connectivity index (χ4n) is 3.35. The van der Waals surface area contributed by atoms with Crippen LogP contribution in [0.4, 0.5) is 17.1 Å². The Balaban J connectivity index is 1.45. The number of carbonyl (C=O) groups is 2. The number of para-hydroxylation sites is 1. The lowest BCUT2D eigenvalue weighted by atomic mass is 10.1. The number of fused-ring (bicyclic) bond motifs is 1. The Morgan fingerprint density at radius 2 is 1.67 bits per heavy atom. The number of anilines is 3. The maximum Gasteiger partial charge on any atom is 0.261 e. The van der Waals surface area contributed by atoms with Crippen molar-refractivity contribution in [2.24, 2.45) is 5.92 Å². The van der Waals surface area contributed by atoms with Crippen molar-refractivity contribution in [3.05, 3.63) is 78.4 Å². The van der Waals surface area contributed by atoms with Gasteiger partial charge in [0.25, 0.3) is 15.9 Å². The van der Waals surface area contributed by atoms with Gasteiger partial charge in [-0.05, 0) is 60.5 Å². The highest BCUT2D eigenvalue weighted by Crippen LogP contribution is 2.39. The van der Waals surface area contributed by atoms with E-state index in [0.717, 1.165) is 4.90 Å². The molecule has 9 heteroatoms. The largest absolute Gasteiger partial charge is 0.324 e. The summed E-state index contributed by atoms with van der Waals surface area (Å²) < 4.78 is 27.6. The predicted octanol–water partition coefficient (Wildman–Crippen LogP) is 4.81. The van der Waals surface area contributed by atoms with Gasteiger partial charge in [0.1, 0.15) is 0 Å². The highest BCUT2D eigenvalue weighted by Gasteiger charge is 2.29. The monoisotopic (exact) mass is 481 g/mol. The molecule has 0 radical (unpaired) electrons. The van der Waals surface area contributed by atoms with Crippen LogP contribution in [0.25, 0.3) is 0 Å². The second kappa shape index (κ2) is 9.29. The summed E-state index contributed by atoms with van der Waals surface area (Å²) in [5, 5.41) is 5.48. The Morgan fingerprint density at radius 1 is 0.970 bits per heavy atom. The number of carbonyl (C=O) groups excluding carboxylic acids is 2. The molecule has 3 aromatic rings. The van der Waals surface area contributed by atoms with Crippen LogP contribution in [0.5, 0.6) is 0 Å². The summed E-state index contributed by atoms with van der Waals surface area (Å²) in [6.45, 7) is 4.00. The summed E-state index contributed by atoms with van der Waals surface area (Å²) >= 11 is 1.50. The first-order valence-electron chi connectivity index (χ1n) is 10.3. The number of hydrogen-bond donors (Lipinski definition) is 3. The third kappa shape index (κ3) is 5.20. The van der Waals surface area contributed by atoms with Crippen LogP contribution in [0, 0.1) is 5.92 Å². The van der Waals surface area contributed by atoms with Gasteiger partial charge < -0.3 is 10.6 Å². The van der Waals surface area contributed by atoms with Gasteiger partial charge in [-0.15, -0.1) is 11.8 Å². The molecule has 7 nitrogen and oxygen atoms in total. The predicted molar refractivity (Wildman–Crippen MR) is 131 cm³/mol. The van der Waals surface area contributed by atoms with Crippen LogP contribution in [0.15, 0.2) is 82.6 Å². The van der Waals surface area contributed by atoms with Gasteiger partial charge in [0, 0.05) is 21.8 Å². The highest BCUT2D eigenvalue weighted by molar-refractivity contribution is 8.01. The van der Waals surface area contributed by atoms with Gasteiger partial charge >= 0.3 is 0 Å². The van der Waals surface area contributed by atoms with E-state index in [9.17, 15) is 18.0 Å². The lowest BCUT2D eigenvalue weighted by molar-refractivity contribution is -0.116. The summed E-state index contributed by atoms with van der Waals surface area (Å²) in [6, 6.07) is 19.7. The quantitative estimate of drug-likeness (QED) is 0.469. The molecule has 1 unspecified atom stereocenters. The number of benzene rings is 3. The Labute approximate surface area is 197 Å². The number of nitrogens with one attached hydrogen (secondary N) is 3. The van der Waals surface area contributed by atoms with E-state index in [0.29, 0.717) is 22.6 Å². The lowest BCUT2D eigenvalue weighted by Gasteiger charge is -2.26. The summed E-state index contributed by atoms with van der Waals surface area (Å²) in [5.74, 6) is -0.233. The molecule has 3 N–H and O–H groups in total. The maximum atomic E-state index is 12.7. The summed E-state index contributed by atoms with van der Waals surface area (Å²) in [4.78, 5) is 26.0. The van der Waals surface area contributed by atoms with E-state index >= 15 is 0 Å². The summed E-state index contributed by atoms with van der Waals surface area (Å²) in [7, 11) is -3.74. The third-order valence-electron chi connectivity index (χ3n) is 5.07. The normalized spacial score (nSPS) is 15.5. The molecule has 3 aromatic carbocycles. The van der Waals surface area contributed by atoms with Crippen molar-refractivity contribution in [3.8, 4) is 0 Å². The van der Waals surface area contributed by atoms with E-state index in [1.54, 1.807) is 42.5 Å². The molecular formula is C24H23N3O4S2. The van der Waals surface area contributed by atoms with E-state index in [4.69, 9.17) is 0 Å². The SMILES string of the molecule is CC(C)C1Sc2ccc(C(=O)Nc3ccc(S(=O)(=O)Nc4ccccc4)cc3)cc2NC1=O. The standard InChI is InChI=1S/C24H23N3O4S2/c1-15(2)22-24(29)26-20-14-16(8-13-21(20)32-22)23(28)25-17-9-11-19(12-10-17)33(30,31)27-18-6-4-3-5-7-18/h3-15,22,27H,1-2H3,(H,25,28)(H,26,29). The Hall–Kier alpha value is -3.30. The molecule has 2 amide bonds. The molecular weight excluding hydrogens is 458 g/mol. The number of hydrogen-bond acceptors (Lipinski definition) is 5. The molecule has 0 saturated heterocycles. The van der Waals surface area contributed by atoms with E-state index in [1.807, 2.05) is 19.9 Å². The second-order valence-corrected chi connectivity index (χ2v) is 10.8. The smallest absolute Gasteiger partial charge is 0.261 e. The lowest BCUT2D eigenvalue weighted by Crippen LogP contribution is -2.32. The zero-order valence-corrected chi connectivity index (χ0v) is 19.7. The van der Waals surface area contributed by atoms with E-state index in [-0.39, 0.29) is 27.9 Å². The van der Waals surface area contributed by atoms with Gasteiger partial charge in [-0.2, -0.15) is 0 Å². The number of amides is 2. The van der Waals surface area contributed by atoms with Gasteiger partial charge in [-0.1, -0.05) is 32.0 Å². The molecule has 0 saturated carbocycles. The zero-order chi connectivity index (χ0) is 23.6. The van der Waals surface area contributed by atoms with Crippen molar-refractivity contribution in [2.75, 3.05) is 15.4 Å². The van der Waals surface area contributed by atoms with Crippen molar-refractivity contribution in [3.63, 3.8) is 0 Å². The van der Waals surface area contributed by atoms with Crippen molar-refractivity contribution >= 4 is 50.7 Å². The maximum absolute atomic E-state index is 12.7. The van der Waals surface area contributed by atoms with Gasteiger partial charge in [0.05, 0.1) is 15.8 Å². The van der Waals surface area contributed by atoms with Gasteiger partial charge in [0.2, 0.25) is 5.91 Å². The molecule has 1 heterocycles. The second-order valence-electron chi connectivity index (χ2n) is 7.93. The molecule has 0 fully saturated rings. The molecule has 0 aromatic heterocycles. The minimum absolute atomic E-state index is 0.0685. The molecule has 4 rings (SSSR count). The van der Waals surface area contributed by atoms with Crippen LogP contribution in [0.3, 0.4) is 0 Å². The molecule has 1 aliphatic heterocycles. The van der Waals surface area contributed by atoms with Gasteiger partial charge in [-0.25, -0.2) is 8.42 Å². The topological polar surface area (TPSA) is 104 Å². The summed E-state index contributed by atoms with van der Waals surface area (Å²) in [5.41, 5.74) is 1.92. The van der Waals surface area contributed by atoms with Crippen LogP contribution in [0.2, 0.25) is 0 Å². The number of rotatable bonds is 6. The third-order valence-corrected chi connectivity index (χ3v) is 8.09. The average molecular weight is 482 g/mol. The number of thioether (sulfide) groups is 1. The first kappa shape index (κ1) is 22.9. The highest BCUT2D eigenvalue weighted by atomic mass is 32.2. The molecule has 0 aliphatic carbocycles. The van der Waals surface area contributed by atoms with Crippen LogP contribution >= 0.6 is 11.8 Å². The fraction of sp³-hybridized carbons (Fsp3) is 0.167. The molecule has 33 heavy (non-hydrogen) atoms. The molecule has 0 spiro atoms. The van der Waals surface area contributed by atoms with Crippen molar-refractivity contribution in [1.29, 1.82) is 0 Å². The average Bonchev–Trinajstić information content (AvgIpc) is 2.78. The zero-order valence-electron chi connectivity index (χ0n) is 18.0. The number of sulfonamides is 1.